The Bertz CT molecular complexity index is 268. The first kappa shape index (κ1) is 13.5. The van der Waals surface area contributed by atoms with Gasteiger partial charge in [-0.25, -0.2) is 0 Å². The van der Waals surface area contributed by atoms with Gasteiger partial charge in [0, 0.05) is 25.6 Å². The second kappa shape index (κ2) is 6.22. The van der Waals surface area contributed by atoms with Gasteiger partial charge in [0.1, 0.15) is 0 Å². The summed E-state index contributed by atoms with van der Waals surface area (Å²) in [6, 6.07) is -0.500. The van der Waals surface area contributed by atoms with E-state index in [0.29, 0.717) is 18.7 Å². The molecule has 0 radical (unpaired) electrons. The summed E-state index contributed by atoms with van der Waals surface area (Å²) in [5.41, 5.74) is 0. The fraction of sp³-hybridized carbons (Fsp3) is 0.800. The van der Waals surface area contributed by atoms with Crippen molar-refractivity contribution in [3.63, 3.8) is 0 Å². The Morgan fingerprint density at radius 2 is 2.19 bits per heavy atom. The van der Waals surface area contributed by atoms with E-state index in [1.165, 1.54) is 23.6 Å². The van der Waals surface area contributed by atoms with E-state index < -0.39 is 6.04 Å². The van der Waals surface area contributed by atoms with E-state index in [9.17, 15) is 9.59 Å². The van der Waals surface area contributed by atoms with Gasteiger partial charge in [0.15, 0.2) is 5.12 Å². The maximum atomic E-state index is 11.6. The van der Waals surface area contributed by atoms with Crippen molar-refractivity contribution in [1.29, 1.82) is 0 Å². The number of carbonyl (C=O) groups excluding carboxylic acids is 2. The number of nitrogens with zero attached hydrogens (tertiary/aromatic N) is 1. The molecule has 0 aliphatic carbocycles. The van der Waals surface area contributed by atoms with Gasteiger partial charge in [-0.15, -0.1) is 0 Å². The van der Waals surface area contributed by atoms with Crippen LogP contribution < -0.4 is 0 Å². The van der Waals surface area contributed by atoms with Crippen molar-refractivity contribution in [2.75, 3.05) is 25.5 Å². The Balaban J connectivity index is 2.46. The Hall–Kier alpha value is -0.590. The van der Waals surface area contributed by atoms with Crippen LogP contribution in [0.5, 0.6) is 0 Å². The van der Waals surface area contributed by atoms with E-state index in [4.69, 9.17) is 10.2 Å². The summed E-state index contributed by atoms with van der Waals surface area (Å²) in [5.74, 6) is 0.713. The lowest BCUT2D eigenvalue weighted by molar-refractivity contribution is -0.131. The Morgan fingerprint density at radius 3 is 2.69 bits per heavy atom. The van der Waals surface area contributed by atoms with Gasteiger partial charge in [-0.1, -0.05) is 11.8 Å². The highest BCUT2D eigenvalue weighted by atomic mass is 32.2. The predicted octanol–water partition coefficient (Wildman–Crippen LogP) is -0.532. The molecule has 0 aromatic carbocycles. The van der Waals surface area contributed by atoms with E-state index in [-0.39, 0.29) is 30.2 Å². The SMILES string of the molecule is CC(=O)SCC1CC(=O)N(C(CO)CO)C1. The number of likely N-dealkylation sites (tertiary alicyclic amines) is 1. The third-order valence-corrected chi connectivity index (χ3v) is 3.67. The van der Waals surface area contributed by atoms with Gasteiger partial charge in [-0.2, -0.15) is 0 Å². The number of aliphatic hydroxyl groups excluding tert-OH is 2. The molecule has 92 valence electrons. The molecule has 1 fully saturated rings. The van der Waals surface area contributed by atoms with E-state index in [1.54, 1.807) is 0 Å². The van der Waals surface area contributed by atoms with Gasteiger partial charge < -0.3 is 15.1 Å². The van der Waals surface area contributed by atoms with Crippen LogP contribution in [-0.4, -0.2) is 57.7 Å². The van der Waals surface area contributed by atoms with Gasteiger partial charge in [0.2, 0.25) is 5.91 Å². The summed E-state index contributed by atoms with van der Waals surface area (Å²) in [4.78, 5) is 23.9. The highest BCUT2D eigenvalue weighted by Crippen LogP contribution is 2.23. The Kier molecular flexibility index (Phi) is 5.24. The molecular formula is C10H17NO4S. The molecule has 0 aromatic rings. The molecule has 2 N–H and O–H groups in total. The van der Waals surface area contributed by atoms with E-state index in [0.717, 1.165) is 0 Å². The number of carbonyl (C=O) groups is 2. The van der Waals surface area contributed by atoms with Gasteiger partial charge in [0.05, 0.1) is 19.3 Å². The zero-order valence-electron chi connectivity index (χ0n) is 9.26. The van der Waals surface area contributed by atoms with Crippen molar-refractivity contribution in [2.45, 2.75) is 19.4 Å². The summed E-state index contributed by atoms with van der Waals surface area (Å²) in [6.45, 7) is 1.57. The number of hydrogen-bond donors (Lipinski definition) is 2. The third kappa shape index (κ3) is 3.47. The smallest absolute Gasteiger partial charge is 0.223 e. The van der Waals surface area contributed by atoms with Crippen LogP contribution in [0.3, 0.4) is 0 Å². The molecule has 1 unspecified atom stereocenters. The lowest BCUT2D eigenvalue weighted by atomic mass is 10.1. The first-order chi connectivity index (χ1) is 7.58. The van der Waals surface area contributed by atoms with Crippen LogP contribution in [0.4, 0.5) is 0 Å². The minimum absolute atomic E-state index is 0.0479. The van der Waals surface area contributed by atoms with Gasteiger partial charge in [-0.05, 0) is 5.92 Å². The van der Waals surface area contributed by atoms with E-state index >= 15 is 0 Å². The summed E-state index contributed by atoms with van der Waals surface area (Å²) in [6.07, 6.45) is 0.400. The number of aliphatic hydroxyl groups is 2. The van der Waals surface area contributed by atoms with Gasteiger partial charge >= 0.3 is 0 Å². The molecule has 0 spiro atoms. The lowest BCUT2D eigenvalue weighted by Gasteiger charge is -2.24. The summed E-state index contributed by atoms with van der Waals surface area (Å²) >= 11 is 1.22. The zero-order chi connectivity index (χ0) is 12.1. The third-order valence-electron chi connectivity index (χ3n) is 2.62. The molecule has 1 amide bonds. The highest BCUT2D eigenvalue weighted by Gasteiger charge is 2.33. The molecular weight excluding hydrogens is 230 g/mol. The summed E-state index contributed by atoms with van der Waals surface area (Å²) in [7, 11) is 0. The van der Waals surface area contributed by atoms with Crippen molar-refractivity contribution < 1.29 is 19.8 Å². The topological polar surface area (TPSA) is 77.8 Å². The normalized spacial score (nSPS) is 20.9. The molecule has 1 aliphatic rings. The van der Waals surface area contributed by atoms with E-state index in [2.05, 4.69) is 0 Å². The number of amides is 1. The first-order valence-electron chi connectivity index (χ1n) is 5.23. The van der Waals surface area contributed by atoms with Crippen molar-refractivity contribution >= 4 is 22.8 Å². The Labute approximate surface area is 98.8 Å². The lowest BCUT2D eigenvalue weighted by Crippen LogP contribution is -2.41. The maximum absolute atomic E-state index is 11.6. The molecule has 0 bridgehead atoms. The van der Waals surface area contributed by atoms with Crippen LogP contribution in [0.2, 0.25) is 0 Å². The number of hydrogen-bond acceptors (Lipinski definition) is 5. The van der Waals surface area contributed by atoms with Crippen molar-refractivity contribution in [1.82, 2.24) is 4.90 Å². The van der Waals surface area contributed by atoms with Crippen LogP contribution in [0.25, 0.3) is 0 Å². The largest absolute Gasteiger partial charge is 0.394 e. The standard InChI is InChI=1S/C10H17NO4S/c1-7(14)16-6-8-2-10(15)11(3-8)9(4-12)5-13/h8-9,12-13H,2-6H2,1H3. The summed E-state index contributed by atoms with van der Waals surface area (Å²) < 4.78 is 0. The number of rotatable bonds is 5. The monoisotopic (exact) mass is 247 g/mol. The van der Waals surface area contributed by atoms with Crippen molar-refractivity contribution in [3.8, 4) is 0 Å². The average molecular weight is 247 g/mol. The molecule has 0 aromatic heterocycles. The van der Waals surface area contributed by atoms with Crippen LogP contribution in [-0.2, 0) is 9.59 Å². The molecule has 6 heteroatoms. The molecule has 1 rings (SSSR count). The van der Waals surface area contributed by atoms with Crippen molar-refractivity contribution in [3.05, 3.63) is 0 Å². The average Bonchev–Trinajstić information content (AvgIpc) is 2.59. The summed E-state index contributed by atoms with van der Waals surface area (Å²) in [5, 5.41) is 18.0. The fourth-order valence-electron chi connectivity index (χ4n) is 1.76. The van der Waals surface area contributed by atoms with E-state index in [1.807, 2.05) is 0 Å². The fourth-order valence-corrected chi connectivity index (χ4v) is 2.46. The molecule has 0 saturated carbocycles. The Morgan fingerprint density at radius 1 is 1.56 bits per heavy atom. The number of thioether (sulfide) groups is 1. The van der Waals surface area contributed by atoms with Crippen LogP contribution in [0.15, 0.2) is 0 Å². The minimum Gasteiger partial charge on any atom is -0.394 e. The molecule has 16 heavy (non-hydrogen) atoms. The van der Waals surface area contributed by atoms with Gasteiger partial charge in [-0.3, -0.25) is 9.59 Å². The zero-order valence-corrected chi connectivity index (χ0v) is 10.1. The van der Waals surface area contributed by atoms with Crippen molar-refractivity contribution in [2.24, 2.45) is 5.92 Å². The molecule has 5 nitrogen and oxygen atoms in total. The van der Waals surface area contributed by atoms with Gasteiger partial charge in [0.25, 0.3) is 0 Å². The maximum Gasteiger partial charge on any atom is 0.223 e. The second-order valence-electron chi connectivity index (χ2n) is 3.94. The predicted molar refractivity (Wildman–Crippen MR) is 60.9 cm³/mol. The molecule has 1 saturated heterocycles. The highest BCUT2D eigenvalue weighted by molar-refractivity contribution is 8.13. The van der Waals surface area contributed by atoms with Crippen LogP contribution in [0.1, 0.15) is 13.3 Å². The second-order valence-corrected chi connectivity index (χ2v) is 5.13. The molecule has 1 atom stereocenters. The first-order valence-corrected chi connectivity index (χ1v) is 6.21. The molecule has 1 aliphatic heterocycles. The molecule has 1 heterocycles. The van der Waals surface area contributed by atoms with Crippen LogP contribution >= 0.6 is 11.8 Å². The minimum atomic E-state index is -0.500. The van der Waals surface area contributed by atoms with Crippen LogP contribution in [0, 0.1) is 5.92 Å². The quantitative estimate of drug-likeness (QED) is 0.683.